The van der Waals surface area contributed by atoms with Gasteiger partial charge in [-0.2, -0.15) is 0 Å². The smallest absolute Gasteiger partial charge is 0.255 e. The molecule has 1 amide bonds. The second-order valence-corrected chi connectivity index (χ2v) is 9.04. The predicted octanol–water partition coefficient (Wildman–Crippen LogP) is 4.87. The number of methoxy groups -OCH3 is 1. The van der Waals surface area contributed by atoms with E-state index in [0.29, 0.717) is 46.1 Å². The van der Waals surface area contributed by atoms with Crippen LogP contribution in [0.1, 0.15) is 16.8 Å². The van der Waals surface area contributed by atoms with E-state index in [-0.39, 0.29) is 5.69 Å². The summed E-state index contributed by atoms with van der Waals surface area (Å²) in [5.41, 5.74) is 1.69. The average molecular weight is 532 g/mol. The number of aromatic nitrogens is 2. The maximum atomic E-state index is 14.5. The summed E-state index contributed by atoms with van der Waals surface area (Å²) in [6, 6.07) is 16.7. The van der Waals surface area contributed by atoms with Crippen molar-refractivity contribution in [2.45, 2.75) is 6.42 Å². The molecule has 5 rings (SSSR count). The van der Waals surface area contributed by atoms with E-state index in [1.165, 1.54) is 18.5 Å². The first-order chi connectivity index (χ1) is 19.1. The first kappa shape index (κ1) is 26.3. The lowest BCUT2D eigenvalue weighted by Gasteiger charge is -2.26. The molecule has 2 heterocycles. The van der Waals surface area contributed by atoms with Crippen LogP contribution in [-0.4, -0.2) is 67.3 Å². The molecule has 3 aromatic carbocycles. The van der Waals surface area contributed by atoms with Crippen LogP contribution in [0.4, 0.5) is 21.6 Å². The second kappa shape index (κ2) is 12.5. The van der Waals surface area contributed by atoms with E-state index in [1.807, 2.05) is 18.2 Å². The first-order valence-corrected chi connectivity index (χ1v) is 12.8. The van der Waals surface area contributed by atoms with Crippen LogP contribution in [0.3, 0.4) is 0 Å². The van der Waals surface area contributed by atoms with Gasteiger partial charge >= 0.3 is 0 Å². The fourth-order valence-electron chi connectivity index (χ4n) is 4.35. The van der Waals surface area contributed by atoms with Gasteiger partial charge < -0.3 is 24.8 Å². The van der Waals surface area contributed by atoms with Crippen molar-refractivity contribution >= 4 is 34.0 Å². The topological polar surface area (TPSA) is 97.8 Å². The highest BCUT2D eigenvalue weighted by atomic mass is 19.1. The summed E-state index contributed by atoms with van der Waals surface area (Å²) in [7, 11) is 1.58. The molecule has 1 aromatic heterocycles. The van der Waals surface area contributed by atoms with Gasteiger partial charge in [-0.3, -0.25) is 9.69 Å². The molecule has 1 fully saturated rings. The largest absolute Gasteiger partial charge is 0.493 e. The van der Waals surface area contributed by atoms with Gasteiger partial charge in [-0.05, 0) is 42.8 Å². The number of rotatable bonds is 10. The number of carbonyl (C=O) groups excluding carboxylic acids is 1. The minimum absolute atomic E-state index is 0.0533. The average Bonchev–Trinajstić information content (AvgIpc) is 2.97. The van der Waals surface area contributed by atoms with Gasteiger partial charge in [-0.25, -0.2) is 14.4 Å². The molecule has 0 atom stereocenters. The molecule has 202 valence electrons. The molecule has 0 unspecified atom stereocenters. The predicted molar refractivity (Wildman–Crippen MR) is 148 cm³/mol. The lowest BCUT2D eigenvalue weighted by atomic mass is 10.2. The van der Waals surface area contributed by atoms with Crippen LogP contribution in [0, 0.1) is 5.82 Å². The second-order valence-electron chi connectivity index (χ2n) is 9.04. The summed E-state index contributed by atoms with van der Waals surface area (Å²) >= 11 is 0. The molecule has 2 N–H and O–H groups in total. The van der Waals surface area contributed by atoms with E-state index in [2.05, 4.69) is 25.5 Å². The van der Waals surface area contributed by atoms with E-state index in [9.17, 15) is 9.18 Å². The van der Waals surface area contributed by atoms with Crippen molar-refractivity contribution in [3.05, 3.63) is 78.4 Å². The lowest BCUT2D eigenvalue weighted by Crippen LogP contribution is -2.37. The van der Waals surface area contributed by atoms with Gasteiger partial charge in [0.25, 0.3) is 5.91 Å². The van der Waals surface area contributed by atoms with E-state index in [0.717, 1.165) is 39.3 Å². The first-order valence-electron chi connectivity index (χ1n) is 12.8. The van der Waals surface area contributed by atoms with Crippen LogP contribution < -0.4 is 20.1 Å². The Morgan fingerprint density at radius 2 is 1.87 bits per heavy atom. The summed E-state index contributed by atoms with van der Waals surface area (Å²) < 4.78 is 31.5. The number of carbonyl (C=O) groups is 1. The third kappa shape index (κ3) is 6.60. The van der Waals surface area contributed by atoms with Crippen LogP contribution >= 0.6 is 0 Å². The molecule has 0 saturated carbocycles. The molecule has 9 nitrogen and oxygen atoms in total. The van der Waals surface area contributed by atoms with Gasteiger partial charge in [-0.15, -0.1) is 0 Å². The maximum Gasteiger partial charge on any atom is 0.255 e. The van der Waals surface area contributed by atoms with Crippen LogP contribution in [0.25, 0.3) is 10.9 Å². The standard InChI is InChI=1S/C29H30FN5O4/c1-37-26-17-22-24(18-27(26)39-13-5-10-35-11-14-38-15-12-35)31-19-32-28(22)33-21-8-9-23(30)25(16-21)34-29(36)20-6-3-2-4-7-20/h2-4,6-9,16-19H,5,10-15H2,1H3,(H,34,36)(H,31,32,33). The Morgan fingerprint density at radius 3 is 2.67 bits per heavy atom. The third-order valence-electron chi connectivity index (χ3n) is 6.41. The number of amides is 1. The van der Waals surface area contributed by atoms with Crippen LogP contribution in [-0.2, 0) is 4.74 Å². The summed E-state index contributed by atoms with van der Waals surface area (Å²) in [4.78, 5) is 23.7. The Kier molecular flexibility index (Phi) is 8.45. The summed E-state index contributed by atoms with van der Waals surface area (Å²) in [6.45, 7) is 4.93. The van der Waals surface area contributed by atoms with Crippen LogP contribution in [0.15, 0.2) is 67.0 Å². The van der Waals surface area contributed by atoms with Crippen molar-refractivity contribution < 1.29 is 23.4 Å². The maximum absolute atomic E-state index is 14.5. The Bertz CT molecular complexity index is 1430. The third-order valence-corrected chi connectivity index (χ3v) is 6.41. The minimum Gasteiger partial charge on any atom is -0.493 e. The van der Waals surface area contributed by atoms with Crippen molar-refractivity contribution in [1.29, 1.82) is 0 Å². The van der Waals surface area contributed by atoms with Crippen molar-refractivity contribution in [2.24, 2.45) is 0 Å². The summed E-state index contributed by atoms with van der Waals surface area (Å²) in [5, 5.41) is 6.54. The highest BCUT2D eigenvalue weighted by Crippen LogP contribution is 2.35. The number of halogens is 1. The molecular formula is C29H30FN5O4. The van der Waals surface area contributed by atoms with Gasteiger partial charge in [0.15, 0.2) is 11.5 Å². The molecule has 4 aromatic rings. The van der Waals surface area contributed by atoms with E-state index in [1.54, 1.807) is 37.4 Å². The fraction of sp³-hybridized carbons (Fsp3) is 0.276. The summed E-state index contributed by atoms with van der Waals surface area (Å²) in [6.07, 6.45) is 2.33. The Labute approximate surface area is 225 Å². The fourth-order valence-corrected chi connectivity index (χ4v) is 4.35. The number of nitrogens with zero attached hydrogens (tertiary/aromatic N) is 3. The minimum atomic E-state index is -0.547. The molecular weight excluding hydrogens is 501 g/mol. The van der Waals surface area contributed by atoms with Crippen molar-refractivity contribution in [1.82, 2.24) is 14.9 Å². The molecule has 0 aliphatic carbocycles. The summed E-state index contributed by atoms with van der Waals surface area (Å²) in [5.74, 6) is 0.714. The highest BCUT2D eigenvalue weighted by molar-refractivity contribution is 6.04. The number of ether oxygens (including phenoxy) is 3. The van der Waals surface area contributed by atoms with Gasteiger partial charge in [0.2, 0.25) is 0 Å². The number of hydrogen-bond donors (Lipinski definition) is 2. The van der Waals surface area contributed by atoms with Gasteiger partial charge in [0.1, 0.15) is 18.0 Å². The molecule has 1 saturated heterocycles. The number of benzene rings is 3. The molecule has 10 heteroatoms. The molecule has 39 heavy (non-hydrogen) atoms. The monoisotopic (exact) mass is 531 g/mol. The van der Waals surface area contributed by atoms with Crippen LogP contribution in [0.2, 0.25) is 0 Å². The number of hydrogen-bond acceptors (Lipinski definition) is 8. The zero-order valence-corrected chi connectivity index (χ0v) is 21.7. The molecule has 1 aliphatic rings. The number of anilines is 3. The van der Waals surface area contributed by atoms with Crippen molar-refractivity contribution in [3.8, 4) is 11.5 Å². The van der Waals surface area contributed by atoms with E-state index < -0.39 is 11.7 Å². The zero-order valence-electron chi connectivity index (χ0n) is 21.7. The highest BCUT2D eigenvalue weighted by Gasteiger charge is 2.15. The molecule has 0 radical (unpaired) electrons. The number of morpholine rings is 1. The zero-order chi connectivity index (χ0) is 27.0. The molecule has 0 bridgehead atoms. The lowest BCUT2D eigenvalue weighted by molar-refractivity contribution is 0.0357. The van der Waals surface area contributed by atoms with E-state index >= 15 is 0 Å². The number of fused-ring (bicyclic) bond motifs is 1. The normalized spacial score (nSPS) is 13.7. The Balaban J connectivity index is 1.30. The molecule has 0 spiro atoms. The number of nitrogens with one attached hydrogen (secondary N) is 2. The van der Waals surface area contributed by atoms with Crippen LogP contribution in [0.5, 0.6) is 11.5 Å². The van der Waals surface area contributed by atoms with Gasteiger partial charge in [0, 0.05) is 42.3 Å². The van der Waals surface area contributed by atoms with E-state index in [4.69, 9.17) is 14.2 Å². The Hall–Kier alpha value is -4.28. The quantitative estimate of drug-likeness (QED) is 0.280. The van der Waals surface area contributed by atoms with Gasteiger partial charge in [0.05, 0.1) is 38.1 Å². The Morgan fingerprint density at radius 1 is 1.05 bits per heavy atom. The van der Waals surface area contributed by atoms with Crippen molar-refractivity contribution in [3.63, 3.8) is 0 Å². The van der Waals surface area contributed by atoms with Crippen molar-refractivity contribution in [2.75, 3.05) is 57.2 Å². The van der Waals surface area contributed by atoms with Gasteiger partial charge in [-0.1, -0.05) is 18.2 Å². The molecule has 1 aliphatic heterocycles. The SMILES string of the molecule is COc1cc2c(Nc3ccc(F)c(NC(=O)c4ccccc4)c3)ncnc2cc1OCCCN1CCOCC1.